The normalized spacial score (nSPS) is 24.9. The van der Waals surface area contributed by atoms with Gasteiger partial charge in [0.15, 0.2) is 0 Å². The molecule has 1 N–H and O–H groups in total. The summed E-state index contributed by atoms with van der Waals surface area (Å²) in [5.74, 6) is 0.555. The van der Waals surface area contributed by atoms with Gasteiger partial charge in [0.25, 0.3) is 0 Å². The standard InChI is InChI=1S/C22H33N3O/c1-15(2)13-18-20(22(18,4)5)21(26)23-19-8-7-17(14-16(19)3)25-11-9-24(6)10-12-25/h7-8,13-14,18,20H,9-12H2,1-6H3,(H,23,26)/t18-,20+/m1/s1. The van der Waals surface area contributed by atoms with Gasteiger partial charge in [-0.15, -0.1) is 0 Å². The molecule has 4 nitrogen and oxygen atoms in total. The van der Waals surface area contributed by atoms with Gasteiger partial charge in [-0.25, -0.2) is 0 Å². The van der Waals surface area contributed by atoms with Gasteiger partial charge in [-0.05, 0) is 62.9 Å². The molecule has 4 heteroatoms. The lowest BCUT2D eigenvalue weighted by molar-refractivity contribution is -0.118. The van der Waals surface area contributed by atoms with Crippen LogP contribution in [0.3, 0.4) is 0 Å². The molecule has 1 aromatic carbocycles. The predicted molar refractivity (Wildman–Crippen MR) is 110 cm³/mol. The van der Waals surface area contributed by atoms with Gasteiger partial charge in [0, 0.05) is 37.6 Å². The summed E-state index contributed by atoms with van der Waals surface area (Å²) in [6.45, 7) is 15.0. The summed E-state index contributed by atoms with van der Waals surface area (Å²) < 4.78 is 0. The molecule has 1 saturated carbocycles. The van der Waals surface area contributed by atoms with Gasteiger partial charge in [0.2, 0.25) is 5.91 Å². The second kappa shape index (κ2) is 7.07. The van der Waals surface area contributed by atoms with Crippen molar-refractivity contribution in [3.8, 4) is 0 Å². The van der Waals surface area contributed by atoms with Crippen molar-refractivity contribution in [1.29, 1.82) is 0 Å². The number of carbonyl (C=O) groups is 1. The minimum atomic E-state index is 0.0506. The first-order valence-electron chi connectivity index (χ1n) is 9.70. The van der Waals surface area contributed by atoms with E-state index in [1.165, 1.54) is 11.3 Å². The van der Waals surface area contributed by atoms with Crippen molar-refractivity contribution in [3.63, 3.8) is 0 Å². The van der Waals surface area contributed by atoms with E-state index in [1.54, 1.807) is 0 Å². The molecule has 0 radical (unpaired) electrons. The van der Waals surface area contributed by atoms with Gasteiger partial charge in [0.1, 0.15) is 0 Å². The van der Waals surface area contributed by atoms with Gasteiger partial charge in [-0.1, -0.05) is 25.5 Å². The highest BCUT2D eigenvalue weighted by molar-refractivity contribution is 5.96. The van der Waals surface area contributed by atoms with Gasteiger partial charge >= 0.3 is 0 Å². The first kappa shape index (κ1) is 19.0. The number of nitrogens with zero attached hydrogens (tertiary/aromatic N) is 2. The van der Waals surface area contributed by atoms with E-state index in [2.05, 4.69) is 81.1 Å². The largest absolute Gasteiger partial charge is 0.369 e. The summed E-state index contributed by atoms with van der Waals surface area (Å²) in [6, 6.07) is 6.40. The van der Waals surface area contributed by atoms with E-state index >= 15 is 0 Å². The summed E-state index contributed by atoms with van der Waals surface area (Å²) in [5, 5.41) is 3.17. The molecule has 1 heterocycles. The Kier molecular flexibility index (Phi) is 5.16. The maximum absolute atomic E-state index is 12.8. The molecule has 142 valence electrons. The fourth-order valence-electron chi connectivity index (χ4n) is 4.11. The Morgan fingerprint density at radius 2 is 1.85 bits per heavy atom. The molecule has 1 aliphatic heterocycles. The number of likely N-dealkylation sites (N-methyl/N-ethyl adjacent to an activating group) is 1. The van der Waals surface area contributed by atoms with Crippen molar-refractivity contribution in [1.82, 2.24) is 4.90 Å². The molecule has 0 bridgehead atoms. The molecule has 0 aromatic heterocycles. The first-order valence-corrected chi connectivity index (χ1v) is 9.70. The molecule has 1 saturated heterocycles. The number of carbonyl (C=O) groups excluding carboxylic acids is 1. The van der Waals surface area contributed by atoms with E-state index in [1.807, 2.05) is 0 Å². The van der Waals surface area contributed by atoms with Crippen molar-refractivity contribution < 1.29 is 4.79 Å². The molecule has 1 amide bonds. The number of rotatable bonds is 4. The fraction of sp³-hybridized carbons (Fsp3) is 0.591. The molecule has 2 atom stereocenters. The number of piperazine rings is 1. The summed E-state index contributed by atoms with van der Waals surface area (Å²) in [7, 11) is 2.17. The molecular weight excluding hydrogens is 322 g/mol. The topological polar surface area (TPSA) is 35.6 Å². The molecule has 1 aromatic rings. The van der Waals surface area contributed by atoms with Crippen molar-refractivity contribution in [2.75, 3.05) is 43.4 Å². The van der Waals surface area contributed by atoms with Crippen molar-refractivity contribution in [2.24, 2.45) is 17.3 Å². The highest BCUT2D eigenvalue weighted by atomic mass is 16.2. The molecular formula is C22H33N3O. The maximum Gasteiger partial charge on any atom is 0.228 e. The van der Waals surface area contributed by atoms with Crippen LogP contribution in [0.2, 0.25) is 0 Å². The molecule has 2 fully saturated rings. The van der Waals surface area contributed by atoms with Crippen molar-refractivity contribution in [2.45, 2.75) is 34.6 Å². The lowest BCUT2D eigenvalue weighted by atomic mass is 10.1. The molecule has 2 aliphatic rings. The molecule has 0 spiro atoms. The lowest BCUT2D eigenvalue weighted by Crippen LogP contribution is -2.44. The van der Waals surface area contributed by atoms with Gasteiger partial charge < -0.3 is 15.1 Å². The van der Waals surface area contributed by atoms with Crippen LogP contribution in [0.1, 0.15) is 33.3 Å². The van der Waals surface area contributed by atoms with E-state index in [0.717, 1.165) is 37.4 Å². The SMILES string of the molecule is CC(C)=C[C@@H]1[C@@H](C(=O)Nc2ccc(N3CCN(C)CC3)cc2C)C1(C)C. The van der Waals surface area contributed by atoms with Crippen LogP contribution in [0.4, 0.5) is 11.4 Å². The van der Waals surface area contributed by atoms with Crippen LogP contribution in [0.5, 0.6) is 0 Å². The number of hydrogen-bond donors (Lipinski definition) is 1. The minimum absolute atomic E-state index is 0.0506. The molecule has 3 rings (SSSR count). The quantitative estimate of drug-likeness (QED) is 0.832. The lowest BCUT2D eigenvalue weighted by Gasteiger charge is -2.34. The highest BCUT2D eigenvalue weighted by Crippen LogP contribution is 2.59. The number of benzene rings is 1. The number of aryl methyl sites for hydroxylation is 1. The van der Waals surface area contributed by atoms with Crippen LogP contribution in [0, 0.1) is 24.2 Å². The Morgan fingerprint density at radius 3 is 2.42 bits per heavy atom. The second-order valence-electron chi connectivity index (χ2n) is 8.85. The molecule has 1 aliphatic carbocycles. The van der Waals surface area contributed by atoms with Crippen LogP contribution in [-0.2, 0) is 4.79 Å². The maximum atomic E-state index is 12.8. The summed E-state index contributed by atoms with van der Waals surface area (Å²) in [5.41, 5.74) is 4.65. The first-order chi connectivity index (χ1) is 12.2. The third-order valence-corrected chi connectivity index (χ3v) is 6.04. The highest BCUT2D eigenvalue weighted by Gasteiger charge is 2.60. The number of anilines is 2. The van der Waals surface area contributed by atoms with E-state index < -0.39 is 0 Å². The Bertz CT molecular complexity index is 710. The average Bonchev–Trinajstić information content (AvgIpc) is 3.09. The summed E-state index contributed by atoms with van der Waals surface area (Å²) in [6.07, 6.45) is 2.24. The van der Waals surface area contributed by atoms with Crippen LogP contribution in [0.15, 0.2) is 29.8 Å². The Morgan fingerprint density at radius 1 is 1.19 bits per heavy atom. The third kappa shape index (κ3) is 3.80. The number of hydrogen-bond acceptors (Lipinski definition) is 3. The summed E-state index contributed by atoms with van der Waals surface area (Å²) in [4.78, 5) is 17.6. The van der Waals surface area contributed by atoms with Crippen LogP contribution >= 0.6 is 0 Å². The van der Waals surface area contributed by atoms with E-state index in [4.69, 9.17) is 0 Å². The van der Waals surface area contributed by atoms with Gasteiger partial charge in [0.05, 0.1) is 5.92 Å². The van der Waals surface area contributed by atoms with Gasteiger partial charge in [-0.3, -0.25) is 4.79 Å². The van der Waals surface area contributed by atoms with Crippen molar-refractivity contribution >= 4 is 17.3 Å². The summed E-state index contributed by atoms with van der Waals surface area (Å²) >= 11 is 0. The average molecular weight is 356 g/mol. The zero-order valence-electron chi connectivity index (χ0n) is 17.1. The zero-order chi connectivity index (χ0) is 19.1. The molecule has 0 unspecified atom stereocenters. The van der Waals surface area contributed by atoms with Crippen LogP contribution in [0.25, 0.3) is 0 Å². The Hall–Kier alpha value is -1.81. The number of nitrogens with one attached hydrogen (secondary N) is 1. The fourth-order valence-corrected chi connectivity index (χ4v) is 4.11. The van der Waals surface area contributed by atoms with Crippen molar-refractivity contribution in [3.05, 3.63) is 35.4 Å². The predicted octanol–water partition coefficient (Wildman–Crippen LogP) is 3.92. The Balaban J connectivity index is 1.67. The number of allylic oxidation sites excluding steroid dienone is 2. The Labute approximate surface area is 158 Å². The monoisotopic (exact) mass is 355 g/mol. The molecule has 26 heavy (non-hydrogen) atoms. The van der Waals surface area contributed by atoms with E-state index in [9.17, 15) is 4.79 Å². The second-order valence-corrected chi connectivity index (χ2v) is 8.85. The van der Waals surface area contributed by atoms with E-state index in [0.29, 0.717) is 5.92 Å². The van der Waals surface area contributed by atoms with Crippen LogP contribution in [-0.4, -0.2) is 44.0 Å². The number of amides is 1. The minimum Gasteiger partial charge on any atom is -0.369 e. The smallest absolute Gasteiger partial charge is 0.228 e. The third-order valence-electron chi connectivity index (χ3n) is 6.04. The van der Waals surface area contributed by atoms with Crippen LogP contribution < -0.4 is 10.2 Å². The zero-order valence-corrected chi connectivity index (χ0v) is 17.1. The van der Waals surface area contributed by atoms with E-state index in [-0.39, 0.29) is 17.2 Å². The van der Waals surface area contributed by atoms with Gasteiger partial charge in [-0.2, -0.15) is 0 Å².